The van der Waals surface area contributed by atoms with E-state index in [1.165, 1.54) is 0 Å². The predicted molar refractivity (Wildman–Crippen MR) is 151 cm³/mol. The summed E-state index contributed by atoms with van der Waals surface area (Å²) in [7, 11) is 2.00. The van der Waals surface area contributed by atoms with Gasteiger partial charge in [0.25, 0.3) is 0 Å². The topological polar surface area (TPSA) is 40.5 Å². The zero-order valence-corrected chi connectivity index (χ0v) is 21.7. The second-order valence-electron chi connectivity index (χ2n) is 8.89. The van der Waals surface area contributed by atoms with Gasteiger partial charge in [0, 0.05) is 28.5 Å². The Labute approximate surface area is 222 Å². The summed E-state index contributed by atoms with van der Waals surface area (Å²) in [5.41, 5.74) is 6.75. The van der Waals surface area contributed by atoms with Gasteiger partial charge in [0.2, 0.25) is 0 Å². The number of benzene rings is 4. The lowest BCUT2D eigenvalue weighted by Crippen LogP contribution is -2.09. The van der Waals surface area contributed by atoms with E-state index in [0.717, 1.165) is 39.2 Å². The minimum absolute atomic E-state index is 0.152. The first-order valence-corrected chi connectivity index (χ1v) is 12.4. The van der Waals surface area contributed by atoms with Crippen molar-refractivity contribution < 1.29 is 9.90 Å². The Hall–Kier alpha value is -3.53. The summed E-state index contributed by atoms with van der Waals surface area (Å²) in [5, 5.41) is 11.3. The van der Waals surface area contributed by atoms with Crippen LogP contribution in [0.2, 0.25) is 10.0 Å². The van der Waals surface area contributed by atoms with Crippen LogP contribution < -0.4 is 4.90 Å². The molecular weight excluding hydrogens is 489 g/mol. The van der Waals surface area contributed by atoms with E-state index in [1.54, 1.807) is 6.07 Å². The summed E-state index contributed by atoms with van der Waals surface area (Å²) < 4.78 is 0. The SMILES string of the molecule is C=C(c1ccc(N(C)c2ccc(Cl)cc2)cc1)c1ccc(CC(C)c2ccc(Cl)cc2)c(C(=O)O)c1. The van der Waals surface area contributed by atoms with Crippen molar-refractivity contribution >= 4 is 46.1 Å². The molecule has 3 nitrogen and oxygen atoms in total. The first kappa shape index (κ1) is 25.6. The van der Waals surface area contributed by atoms with Gasteiger partial charge in [-0.05, 0) is 94.8 Å². The fourth-order valence-electron chi connectivity index (χ4n) is 4.25. The molecule has 5 heteroatoms. The molecule has 4 aromatic carbocycles. The molecule has 0 aromatic heterocycles. The molecule has 4 rings (SSSR count). The van der Waals surface area contributed by atoms with Crippen LogP contribution in [0, 0.1) is 0 Å². The van der Waals surface area contributed by atoms with Crippen LogP contribution in [0.3, 0.4) is 0 Å². The average Bonchev–Trinajstić information content (AvgIpc) is 2.89. The summed E-state index contributed by atoms with van der Waals surface area (Å²) in [6.07, 6.45) is 0.613. The van der Waals surface area contributed by atoms with Crippen molar-refractivity contribution in [3.05, 3.63) is 135 Å². The molecule has 0 heterocycles. The minimum Gasteiger partial charge on any atom is -0.478 e. The van der Waals surface area contributed by atoms with Crippen LogP contribution in [0.15, 0.2) is 97.6 Å². The third kappa shape index (κ3) is 5.81. The van der Waals surface area contributed by atoms with Crippen molar-refractivity contribution in [2.75, 3.05) is 11.9 Å². The van der Waals surface area contributed by atoms with Gasteiger partial charge in [-0.1, -0.05) is 73.1 Å². The number of halogens is 2. The number of rotatable bonds is 8. The number of carboxylic acids is 1. The number of carboxylic acid groups (broad SMARTS) is 1. The van der Waals surface area contributed by atoms with Gasteiger partial charge in [0.05, 0.1) is 5.56 Å². The lowest BCUT2D eigenvalue weighted by Gasteiger charge is -2.20. The molecule has 0 saturated carbocycles. The average molecular weight is 516 g/mol. The minimum atomic E-state index is -0.942. The van der Waals surface area contributed by atoms with Crippen molar-refractivity contribution in [2.24, 2.45) is 0 Å². The van der Waals surface area contributed by atoms with E-state index in [4.69, 9.17) is 23.2 Å². The van der Waals surface area contributed by atoms with Crippen LogP contribution in [-0.4, -0.2) is 18.1 Å². The largest absolute Gasteiger partial charge is 0.478 e. The summed E-state index contributed by atoms with van der Waals surface area (Å²) in [6.45, 7) is 6.34. The van der Waals surface area contributed by atoms with E-state index in [2.05, 4.69) is 18.4 Å². The quantitative estimate of drug-likeness (QED) is 0.254. The van der Waals surface area contributed by atoms with Crippen molar-refractivity contribution in [3.8, 4) is 0 Å². The van der Waals surface area contributed by atoms with E-state index in [9.17, 15) is 9.90 Å². The Bertz CT molecular complexity index is 1380. The number of anilines is 2. The highest BCUT2D eigenvalue weighted by Gasteiger charge is 2.16. The molecule has 0 aliphatic rings. The van der Waals surface area contributed by atoms with E-state index in [1.807, 2.05) is 92.0 Å². The van der Waals surface area contributed by atoms with E-state index >= 15 is 0 Å². The monoisotopic (exact) mass is 515 g/mol. The van der Waals surface area contributed by atoms with E-state index in [-0.39, 0.29) is 5.92 Å². The maximum absolute atomic E-state index is 12.1. The van der Waals surface area contributed by atoms with E-state index in [0.29, 0.717) is 22.0 Å². The Balaban J connectivity index is 1.54. The van der Waals surface area contributed by atoms with Crippen molar-refractivity contribution in [1.82, 2.24) is 0 Å². The van der Waals surface area contributed by atoms with Crippen molar-refractivity contribution in [2.45, 2.75) is 19.3 Å². The fraction of sp³-hybridized carbons (Fsp3) is 0.129. The predicted octanol–water partition coefficient (Wildman–Crippen LogP) is 8.87. The Morgan fingerprint density at radius 2 is 1.33 bits per heavy atom. The molecule has 0 saturated heterocycles. The molecule has 182 valence electrons. The van der Waals surface area contributed by atoms with Gasteiger partial charge >= 0.3 is 5.97 Å². The number of hydrogen-bond acceptors (Lipinski definition) is 2. The molecule has 1 N–H and O–H groups in total. The second-order valence-corrected chi connectivity index (χ2v) is 9.77. The lowest BCUT2D eigenvalue weighted by atomic mass is 9.89. The Kier molecular flexibility index (Phi) is 7.83. The molecule has 0 aliphatic carbocycles. The van der Waals surface area contributed by atoms with Gasteiger partial charge in [0.1, 0.15) is 0 Å². The lowest BCUT2D eigenvalue weighted by molar-refractivity contribution is 0.0695. The van der Waals surface area contributed by atoms with E-state index < -0.39 is 5.97 Å². The van der Waals surface area contributed by atoms with Crippen LogP contribution in [-0.2, 0) is 6.42 Å². The molecule has 1 unspecified atom stereocenters. The third-order valence-electron chi connectivity index (χ3n) is 6.47. The molecule has 36 heavy (non-hydrogen) atoms. The maximum atomic E-state index is 12.1. The van der Waals surface area contributed by atoms with Crippen LogP contribution in [0.25, 0.3) is 5.57 Å². The summed E-state index contributed by atoms with van der Waals surface area (Å²) in [6, 6.07) is 29.0. The zero-order chi connectivity index (χ0) is 25.8. The Morgan fingerprint density at radius 3 is 1.89 bits per heavy atom. The van der Waals surface area contributed by atoms with Crippen molar-refractivity contribution in [1.29, 1.82) is 0 Å². The number of hydrogen-bond donors (Lipinski definition) is 1. The highest BCUT2D eigenvalue weighted by molar-refractivity contribution is 6.30. The van der Waals surface area contributed by atoms with Gasteiger partial charge in [-0.2, -0.15) is 0 Å². The molecule has 0 bridgehead atoms. The molecule has 0 fully saturated rings. The van der Waals surface area contributed by atoms with Crippen LogP contribution in [0.1, 0.15) is 45.5 Å². The number of nitrogens with zero attached hydrogens (tertiary/aromatic N) is 1. The van der Waals surface area contributed by atoms with Crippen LogP contribution in [0.4, 0.5) is 11.4 Å². The standard InChI is InChI=1S/C31H27Cl2NO2/c1-20(22-6-10-26(32)11-7-22)18-25-5-4-24(19-30(25)31(35)36)21(2)23-8-14-28(15-9-23)34(3)29-16-12-27(33)13-17-29/h4-17,19-20H,2,18H2,1,3H3,(H,35,36). The molecule has 0 aliphatic heterocycles. The highest BCUT2D eigenvalue weighted by Crippen LogP contribution is 2.30. The molecule has 0 spiro atoms. The second kappa shape index (κ2) is 11.0. The van der Waals surface area contributed by atoms with Gasteiger partial charge in [0.15, 0.2) is 0 Å². The third-order valence-corrected chi connectivity index (χ3v) is 6.97. The number of carbonyl (C=O) groups is 1. The smallest absolute Gasteiger partial charge is 0.335 e. The molecule has 0 radical (unpaired) electrons. The summed E-state index contributed by atoms with van der Waals surface area (Å²) in [4.78, 5) is 14.2. The molecule has 1 atom stereocenters. The van der Waals surface area contributed by atoms with Crippen LogP contribution >= 0.6 is 23.2 Å². The summed E-state index contributed by atoms with van der Waals surface area (Å²) in [5.74, 6) is -0.789. The van der Waals surface area contributed by atoms with Crippen LogP contribution in [0.5, 0.6) is 0 Å². The maximum Gasteiger partial charge on any atom is 0.335 e. The van der Waals surface area contributed by atoms with Gasteiger partial charge < -0.3 is 10.0 Å². The molecular formula is C31H27Cl2NO2. The van der Waals surface area contributed by atoms with Crippen molar-refractivity contribution in [3.63, 3.8) is 0 Å². The first-order chi connectivity index (χ1) is 17.2. The fourth-order valence-corrected chi connectivity index (χ4v) is 4.50. The van der Waals surface area contributed by atoms with Gasteiger partial charge in [-0.25, -0.2) is 4.79 Å². The first-order valence-electron chi connectivity index (χ1n) is 11.6. The number of aromatic carboxylic acids is 1. The normalized spacial score (nSPS) is 11.7. The zero-order valence-electron chi connectivity index (χ0n) is 20.2. The highest BCUT2D eigenvalue weighted by atomic mass is 35.5. The molecule has 0 amide bonds. The summed E-state index contributed by atoms with van der Waals surface area (Å²) >= 11 is 12.0. The molecule has 4 aromatic rings. The van der Waals surface area contributed by atoms with Gasteiger partial charge in [-0.3, -0.25) is 0 Å². The Morgan fingerprint density at radius 1 is 0.833 bits per heavy atom. The van der Waals surface area contributed by atoms with Gasteiger partial charge in [-0.15, -0.1) is 0 Å².